The molecule has 2 aromatic rings. The summed E-state index contributed by atoms with van der Waals surface area (Å²) in [5.74, 6) is -0.639. The van der Waals surface area contributed by atoms with Crippen molar-refractivity contribution < 1.29 is 23.5 Å². The van der Waals surface area contributed by atoms with Gasteiger partial charge >= 0.3 is 0 Å². The largest absolute Gasteiger partial charge is 0.490 e. The van der Waals surface area contributed by atoms with Crippen molar-refractivity contribution in [3.05, 3.63) is 52.3 Å². The fraction of sp³-hybridized carbons (Fsp3) is 0.400. The SMILES string of the molecule is CCOc1cc2c(c(F)c1OCC)C(=N)N(CC(=O)c1ccc3c(c1)C(C)(C)C(=O)N3C)C2. The Labute approximate surface area is 192 Å². The first-order valence-electron chi connectivity index (χ1n) is 11.0. The third kappa shape index (κ3) is 3.53. The molecule has 0 fully saturated rings. The van der Waals surface area contributed by atoms with Crippen LogP contribution in [0.3, 0.4) is 0 Å². The van der Waals surface area contributed by atoms with Crippen molar-refractivity contribution in [1.82, 2.24) is 4.90 Å². The summed E-state index contributed by atoms with van der Waals surface area (Å²) in [5.41, 5.74) is 2.05. The highest BCUT2D eigenvalue weighted by atomic mass is 19.1. The fourth-order valence-electron chi connectivity index (χ4n) is 4.57. The van der Waals surface area contributed by atoms with Crippen LogP contribution in [-0.2, 0) is 16.8 Å². The molecular weight excluding hydrogens is 425 g/mol. The molecule has 2 aliphatic heterocycles. The van der Waals surface area contributed by atoms with Gasteiger partial charge in [-0.15, -0.1) is 0 Å². The molecule has 2 heterocycles. The van der Waals surface area contributed by atoms with Gasteiger partial charge in [-0.3, -0.25) is 15.0 Å². The highest BCUT2D eigenvalue weighted by Crippen LogP contribution is 2.42. The molecule has 0 saturated heterocycles. The minimum atomic E-state index is -0.717. The second-order valence-corrected chi connectivity index (χ2v) is 8.77. The maximum atomic E-state index is 15.2. The van der Waals surface area contributed by atoms with Gasteiger partial charge in [-0.2, -0.15) is 0 Å². The van der Waals surface area contributed by atoms with E-state index >= 15 is 4.39 Å². The number of likely N-dealkylation sites (N-methyl/N-ethyl adjacent to an activating group) is 1. The number of hydrogen-bond donors (Lipinski definition) is 1. The van der Waals surface area contributed by atoms with Gasteiger partial charge in [-0.1, -0.05) is 0 Å². The van der Waals surface area contributed by atoms with E-state index in [1.54, 1.807) is 50.1 Å². The highest BCUT2D eigenvalue weighted by molar-refractivity contribution is 6.09. The predicted molar refractivity (Wildman–Crippen MR) is 123 cm³/mol. The fourth-order valence-corrected chi connectivity index (χ4v) is 4.57. The number of ether oxygens (including phenoxy) is 2. The molecule has 0 aliphatic carbocycles. The number of amides is 1. The van der Waals surface area contributed by atoms with Crippen molar-refractivity contribution >= 4 is 23.2 Å². The minimum Gasteiger partial charge on any atom is -0.490 e. The van der Waals surface area contributed by atoms with Crippen molar-refractivity contribution in [3.8, 4) is 11.5 Å². The Balaban J connectivity index is 1.60. The smallest absolute Gasteiger partial charge is 0.236 e. The van der Waals surface area contributed by atoms with Gasteiger partial charge in [0.2, 0.25) is 5.91 Å². The number of benzene rings is 2. The summed E-state index contributed by atoms with van der Waals surface area (Å²) in [6, 6.07) is 6.92. The minimum absolute atomic E-state index is 0.00864. The lowest BCUT2D eigenvalue weighted by Crippen LogP contribution is -2.33. The van der Waals surface area contributed by atoms with Crippen molar-refractivity contribution in [1.29, 1.82) is 5.41 Å². The number of carbonyl (C=O) groups excluding carboxylic acids is 2. The average molecular weight is 454 g/mol. The number of rotatable bonds is 7. The van der Waals surface area contributed by atoms with Crippen molar-refractivity contribution in [2.75, 3.05) is 31.7 Å². The molecule has 0 aromatic heterocycles. The van der Waals surface area contributed by atoms with E-state index in [0.29, 0.717) is 23.5 Å². The van der Waals surface area contributed by atoms with E-state index in [2.05, 4.69) is 0 Å². The third-order valence-electron chi connectivity index (χ3n) is 6.30. The molecule has 0 atom stereocenters. The summed E-state index contributed by atoms with van der Waals surface area (Å²) in [5, 5.41) is 8.51. The first-order valence-corrected chi connectivity index (χ1v) is 11.0. The number of fused-ring (bicyclic) bond motifs is 2. The van der Waals surface area contributed by atoms with E-state index in [9.17, 15) is 9.59 Å². The van der Waals surface area contributed by atoms with Crippen LogP contribution in [0.5, 0.6) is 11.5 Å². The summed E-state index contributed by atoms with van der Waals surface area (Å²) < 4.78 is 26.2. The van der Waals surface area contributed by atoms with Crippen LogP contribution in [0.1, 0.15) is 54.7 Å². The standard InChI is InChI=1S/C25H28FN3O4/c1-6-32-19-11-15-12-29(23(27)20(15)21(26)22(19)33-7-2)13-18(30)14-8-9-17-16(10-14)25(3,4)24(31)28(17)5/h8-11,27H,6-7,12-13H2,1-5H3. The lowest BCUT2D eigenvalue weighted by atomic mass is 9.85. The van der Waals surface area contributed by atoms with Gasteiger partial charge in [0.05, 0.1) is 30.7 Å². The van der Waals surface area contributed by atoms with Crippen LogP contribution in [0.2, 0.25) is 0 Å². The Morgan fingerprint density at radius 2 is 1.88 bits per heavy atom. The van der Waals surface area contributed by atoms with E-state index in [1.807, 2.05) is 13.8 Å². The maximum absolute atomic E-state index is 15.2. The van der Waals surface area contributed by atoms with E-state index < -0.39 is 11.2 Å². The summed E-state index contributed by atoms with van der Waals surface area (Å²) in [6.07, 6.45) is 0. The molecule has 174 valence electrons. The second kappa shape index (κ2) is 8.17. The Bertz CT molecular complexity index is 1170. The highest BCUT2D eigenvalue weighted by Gasteiger charge is 2.42. The molecule has 4 rings (SSSR count). The first-order chi connectivity index (χ1) is 15.6. The number of anilines is 1. The number of carbonyl (C=O) groups is 2. The molecule has 0 saturated carbocycles. The number of hydrogen-bond acceptors (Lipinski definition) is 5. The van der Waals surface area contributed by atoms with Crippen molar-refractivity contribution in [2.45, 2.75) is 39.7 Å². The van der Waals surface area contributed by atoms with Gasteiger partial charge in [0, 0.05) is 24.8 Å². The van der Waals surface area contributed by atoms with Crippen molar-refractivity contribution in [2.24, 2.45) is 0 Å². The number of ketones is 1. The summed E-state index contributed by atoms with van der Waals surface area (Å²) >= 11 is 0. The zero-order chi connectivity index (χ0) is 24.1. The topological polar surface area (TPSA) is 82.9 Å². The van der Waals surface area contributed by atoms with Crippen LogP contribution in [-0.4, -0.2) is 49.2 Å². The molecule has 8 heteroatoms. The first kappa shape index (κ1) is 22.8. The molecule has 0 bridgehead atoms. The van der Waals surface area contributed by atoms with Crippen LogP contribution in [0.25, 0.3) is 0 Å². The van der Waals surface area contributed by atoms with E-state index in [-0.39, 0.29) is 48.5 Å². The molecule has 33 heavy (non-hydrogen) atoms. The Morgan fingerprint density at radius 3 is 2.55 bits per heavy atom. The van der Waals surface area contributed by atoms with Gasteiger partial charge in [0.1, 0.15) is 5.84 Å². The second-order valence-electron chi connectivity index (χ2n) is 8.77. The van der Waals surface area contributed by atoms with Crippen LogP contribution < -0.4 is 14.4 Å². The van der Waals surface area contributed by atoms with Gasteiger partial charge in [-0.25, -0.2) is 4.39 Å². The Hall–Kier alpha value is -3.42. The Kier molecular flexibility index (Phi) is 5.64. The molecule has 0 radical (unpaired) electrons. The summed E-state index contributed by atoms with van der Waals surface area (Å²) in [7, 11) is 1.72. The zero-order valence-corrected chi connectivity index (χ0v) is 19.5. The van der Waals surface area contributed by atoms with Crippen LogP contribution in [0.4, 0.5) is 10.1 Å². The lowest BCUT2D eigenvalue weighted by molar-refractivity contribution is -0.121. The molecule has 2 aromatic carbocycles. The zero-order valence-electron chi connectivity index (χ0n) is 19.5. The summed E-state index contributed by atoms with van der Waals surface area (Å²) in [4.78, 5) is 28.8. The maximum Gasteiger partial charge on any atom is 0.236 e. The molecule has 7 nitrogen and oxygen atoms in total. The molecular formula is C25H28FN3O4. The van der Waals surface area contributed by atoms with Crippen molar-refractivity contribution in [3.63, 3.8) is 0 Å². The molecule has 2 aliphatic rings. The number of amidine groups is 1. The van der Waals surface area contributed by atoms with E-state index in [1.165, 1.54) is 4.90 Å². The van der Waals surface area contributed by atoms with Crippen LogP contribution >= 0.6 is 0 Å². The van der Waals surface area contributed by atoms with Gasteiger partial charge in [0.25, 0.3) is 0 Å². The summed E-state index contributed by atoms with van der Waals surface area (Å²) in [6.45, 7) is 7.99. The quantitative estimate of drug-likeness (QED) is 0.643. The molecule has 0 unspecified atom stereocenters. The number of Topliss-reactive ketones (excluding diaryl/α,β-unsaturated/α-hetero) is 1. The van der Waals surface area contributed by atoms with E-state index in [4.69, 9.17) is 14.9 Å². The predicted octanol–water partition coefficient (Wildman–Crippen LogP) is 3.90. The number of halogens is 1. The average Bonchev–Trinajstić information content (AvgIpc) is 3.17. The van der Waals surface area contributed by atoms with Gasteiger partial charge in [-0.05, 0) is 63.1 Å². The third-order valence-corrected chi connectivity index (χ3v) is 6.30. The van der Waals surface area contributed by atoms with Gasteiger partial charge < -0.3 is 19.3 Å². The monoisotopic (exact) mass is 453 g/mol. The molecule has 1 N–H and O–H groups in total. The van der Waals surface area contributed by atoms with Crippen LogP contribution in [0, 0.1) is 11.2 Å². The van der Waals surface area contributed by atoms with Gasteiger partial charge in [0.15, 0.2) is 23.1 Å². The van der Waals surface area contributed by atoms with Crippen LogP contribution in [0.15, 0.2) is 24.3 Å². The lowest BCUT2D eigenvalue weighted by Gasteiger charge is -2.18. The number of nitrogens with one attached hydrogen (secondary N) is 1. The van der Waals surface area contributed by atoms with E-state index in [0.717, 1.165) is 11.3 Å². The molecule has 0 spiro atoms. The Morgan fingerprint density at radius 1 is 1.18 bits per heavy atom. The number of nitrogens with zero attached hydrogens (tertiary/aromatic N) is 2. The normalized spacial score (nSPS) is 16.2. The molecule has 1 amide bonds.